The Morgan fingerprint density at radius 3 is 2.51 bits per heavy atom. The van der Waals surface area contributed by atoms with Crippen molar-refractivity contribution in [1.82, 2.24) is 29.7 Å². The second kappa shape index (κ2) is 9.41. The molecule has 2 N–H and O–H groups in total. The number of nitrogens with zero attached hydrogens (tertiary/aromatic N) is 6. The van der Waals surface area contributed by atoms with E-state index in [2.05, 4.69) is 45.7 Å². The van der Waals surface area contributed by atoms with Gasteiger partial charge in [0, 0.05) is 19.7 Å². The van der Waals surface area contributed by atoms with E-state index in [0.29, 0.717) is 23.3 Å². The zero-order chi connectivity index (χ0) is 25.7. The standard InChI is InChI=1S/C26H38N8O3/c1-15-8-10-17(11-9-15)12-34-19-20(27-16(2)18-6-5-7-18)28-22(23-31-25(35)37-32-23)29-21(19)30-24(34)33-13-26(3,14-33)36-4/h15-18H,5-14H2,1-4H3,(H,27,28,29)(H,31,32,35)/t15-,16-,17-/m1/s1. The Kier molecular flexibility index (Phi) is 6.21. The molecule has 0 aromatic carbocycles. The fraction of sp³-hybridized carbons (Fsp3) is 0.731. The highest BCUT2D eigenvalue weighted by molar-refractivity contribution is 5.87. The quantitative estimate of drug-likeness (QED) is 0.465. The number of hydrogen-bond donors (Lipinski definition) is 2. The molecule has 0 amide bonds. The van der Waals surface area contributed by atoms with Crippen LogP contribution in [0.3, 0.4) is 0 Å². The molecule has 0 spiro atoms. The average Bonchev–Trinajstić information content (AvgIpc) is 3.41. The smallest absolute Gasteiger partial charge is 0.375 e. The lowest BCUT2D eigenvalue weighted by molar-refractivity contribution is -0.0178. The molecular formula is C26H38N8O3. The summed E-state index contributed by atoms with van der Waals surface area (Å²) in [6.45, 7) is 9.13. The fourth-order valence-electron chi connectivity index (χ4n) is 6.04. The van der Waals surface area contributed by atoms with E-state index in [0.717, 1.165) is 42.8 Å². The number of ether oxygens (including phenoxy) is 1. The highest BCUT2D eigenvalue weighted by atomic mass is 16.5. The molecule has 4 heterocycles. The molecule has 37 heavy (non-hydrogen) atoms. The summed E-state index contributed by atoms with van der Waals surface area (Å²) >= 11 is 0. The maximum absolute atomic E-state index is 11.6. The Balaban J connectivity index is 1.45. The van der Waals surface area contributed by atoms with Gasteiger partial charge in [-0.2, -0.15) is 10.1 Å². The van der Waals surface area contributed by atoms with Gasteiger partial charge in [0.15, 0.2) is 11.5 Å². The summed E-state index contributed by atoms with van der Waals surface area (Å²) in [5, 5.41) is 6.25. The average molecular weight is 511 g/mol. The molecule has 3 aromatic rings. The van der Waals surface area contributed by atoms with E-state index in [1.54, 1.807) is 7.11 Å². The summed E-state index contributed by atoms with van der Waals surface area (Å²) in [5.74, 6) is 3.45. The predicted octanol–water partition coefficient (Wildman–Crippen LogP) is 3.82. The van der Waals surface area contributed by atoms with Gasteiger partial charge < -0.3 is 24.0 Å². The lowest BCUT2D eigenvalue weighted by Gasteiger charge is -2.47. The summed E-state index contributed by atoms with van der Waals surface area (Å²) in [4.78, 5) is 32.5. The number of aromatic nitrogens is 6. The minimum Gasteiger partial charge on any atom is -0.375 e. The zero-order valence-electron chi connectivity index (χ0n) is 22.3. The zero-order valence-corrected chi connectivity index (χ0v) is 22.3. The number of fused-ring (bicyclic) bond motifs is 1. The molecule has 3 aliphatic rings. The molecule has 6 rings (SSSR count). The normalized spacial score (nSPS) is 24.6. The Bertz CT molecular complexity index is 1310. The fourth-order valence-corrected chi connectivity index (χ4v) is 6.04. The van der Waals surface area contributed by atoms with Gasteiger partial charge >= 0.3 is 5.76 Å². The third-order valence-corrected chi connectivity index (χ3v) is 8.86. The van der Waals surface area contributed by atoms with Crippen molar-refractivity contribution in [3.05, 3.63) is 10.6 Å². The highest BCUT2D eigenvalue weighted by Crippen LogP contribution is 2.38. The molecule has 0 radical (unpaired) electrons. The van der Waals surface area contributed by atoms with Gasteiger partial charge in [0.05, 0.1) is 13.1 Å². The molecule has 0 bridgehead atoms. The molecule has 1 atom stereocenters. The molecule has 1 aliphatic heterocycles. The molecule has 11 nitrogen and oxygen atoms in total. The molecule has 1 saturated heterocycles. The largest absolute Gasteiger partial charge is 0.460 e. The number of nitrogens with one attached hydrogen (secondary N) is 2. The van der Waals surface area contributed by atoms with Gasteiger partial charge in [-0.25, -0.2) is 14.8 Å². The van der Waals surface area contributed by atoms with Crippen molar-refractivity contribution >= 4 is 22.9 Å². The van der Waals surface area contributed by atoms with Gasteiger partial charge in [0.25, 0.3) is 0 Å². The van der Waals surface area contributed by atoms with Crippen LogP contribution in [-0.4, -0.2) is 61.5 Å². The molecule has 11 heteroatoms. The Morgan fingerprint density at radius 2 is 1.89 bits per heavy atom. The lowest BCUT2D eigenvalue weighted by Crippen LogP contribution is -2.61. The molecule has 2 aliphatic carbocycles. The highest BCUT2D eigenvalue weighted by Gasteiger charge is 2.42. The van der Waals surface area contributed by atoms with Crippen LogP contribution in [0.25, 0.3) is 22.8 Å². The minimum absolute atomic E-state index is 0.180. The third-order valence-electron chi connectivity index (χ3n) is 8.86. The second-order valence-electron chi connectivity index (χ2n) is 11.8. The van der Waals surface area contributed by atoms with E-state index in [1.165, 1.54) is 44.9 Å². The number of rotatable bonds is 8. The van der Waals surface area contributed by atoms with E-state index in [1.807, 2.05) is 0 Å². The molecule has 3 aromatic heterocycles. The first-order valence-corrected chi connectivity index (χ1v) is 13.7. The Labute approximate surface area is 216 Å². The number of anilines is 2. The Morgan fingerprint density at radius 1 is 1.14 bits per heavy atom. The topological polar surface area (TPSA) is 127 Å². The van der Waals surface area contributed by atoms with E-state index >= 15 is 0 Å². The van der Waals surface area contributed by atoms with Gasteiger partial charge in [0.1, 0.15) is 11.1 Å². The van der Waals surface area contributed by atoms with E-state index in [9.17, 15) is 4.79 Å². The summed E-state index contributed by atoms with van der Waals surface area (Å²) in [7, 11) is 1.77. The molecule has 3 fully saturated rings. The molecule has 200 valence electrons. The molecule has 2 saturated carbocycles. The SMILES string of the molecule is COC1(C)CN(c2nc3nc(-c4nc(=O)o[nH]4)nc(N[C@H](C)C4CCC4)c3n2C[C@H]2CC[C@H](C)CC2)C1. The van der Waals surface area contributed by atoms with E-state index in [-0.39, 0.29) is 17.5 Å². The molecular weight excluding hydrogens is 472 g/mol. The van der Waals surface area contributed by atoms with Gasteiger partial charge in [0.2, 0.25) is 17.6 Å². The van der Waals surface area contributed by atoms with Crippen LogP contribution in [0.4, 0.5) is 11.8 Å². The van der Waals surface area contributed by atoms with Crippen molar-refractivity contribution in [2.45, 2.75) is 83.9 Å². The first kappa shape index (κ1) is 24.4. The van der Waals surface area contributed by atoms with Crippen LogP contribution < -0.4 is 16.0 Å². The number of methoxy groups -OCH3 is 1. The summed E-state index contributed by atoms with van der Waals surface area (Å²) in [5.41, 5.74) is 1.34. The number of hydrogen-bond acceptors (Lipinski definition) is 9. The van der Waals surface area contributed by atoms with Crippen LogP contribution in [0.2, 0.25) is 0 Å². The second-order valence-corrected chi connectivity index (χ2v) is 11.8. The van der Waals surface area contributed by atoms with Crippen molar-refractivity contribution in [2.75, 3.05) is 30.4 Å². The van der Waals surface area contributed by atoms with Gasteiger partial charge in [-0.3, -0.25) is 0 Å². The Hall–Kier alpha value is -2.95. The van der Waals surface area contributed by atoms with Crippen LogP contribution in [-0.2, 0) is 11.3 Å². The van der Waals surface area contributed by atoms with E-state index < -0.39 is 5.76 Å². The predicted molar refractivity (Wildman–Crippen MR) is 141 cm³/mol. The van der Waals surface area contributed by atoms with Crippen LogP contribution >= 0.6 is 0 Å². The minimum atomic E-state index is -0.701. The monoisotopic (exact) mass is 510 g/mol. The summed E-state index contributed by atoms with van der Waals surface area (Å²) in [6.07, 6.45) is 8.69. The van der Waals surface area contributed by atoms with Crippen molar-refractivity contribution < 1.29 is 9.26 Å². The summed E-state index contributed by atoms with van der Waals surface area (Å²) < 4.78 is 12.9. The number of aromatic amines is 1. The maximum Gasteiger partial charge on any atom is 0.460 e. The van der Waals surface area contributed by atoms with E-state index in [4.69, 9.17) is 24.2 Å². The van der Waals surface area contributed by atoms with Crippen LogP contribution in [0, 0.1) is 17.8 Å². The van der Waals surface area contributed by atoms with Crippen molar-refractivity contribution in [2.24, 2.45) is 17.8 Å². The van der Waals surface area contributed by atoms with Crippen LogP contribution in [0.15, 0.2) is 9.32 Å². The number of H-pyrrole nitrogens is 1. The lowest BCUT2D eigenvalue weighted by atomic mass is 9.80. The third kappa shape index (κ3) is 4.62. The van der Waals surface area contributed by atoms with Crippen molar-refractivity contribution in [3.8, 4) is 11.6 Å². The summed E-state index contributed by atoms with van der Waals surface area (Å²) in [6, 6.07) is 0.263. The molecule has 0 unspecified atom stereocenters. The van der Waals surface area contributed by atoms with Gasteiger partial charge in [-0.05, 0) is 57.3 Å². The number of imidazole rings is 1. The maximum atomic E-state index is 11.6. The first-order valence-electron chi connectivity index (χ1n) is 13.7. The first-order chi connectivity index (χ1) is 17.8. The van der Waals surface area contributed by atoms with Gasteiger partial charge in [-0.15, -0.1) is 4.98 Å². The van der Waals surface area contributed by atoms with Crippen molar-refractivity contribution in [1.29, 1.82) is 0 Å². The van der Waals surface area contributed by atoms with Crippen LogP contribution in [0.5, 0.6) is 0 Å². The van der Waals surface area contributed by atoms with Gasteiger partial charge in [-0.1, -0.05) is 26.2 Å². The van der Waals surface area contributed by atoms with Crippen LogP contribution in [0.1, 0.15) is 65.7 Å². The van der Waals surface area contributed by atoms with Crippen molar-refractivity contribution in [3.63, 3.8) is 0 Å².